The molecular formula is C13H28N2O. The number of piperidine rings is 1. The Morgan fingerprint density at radius 1 is 1.25 bits per heavy atom. The molecule has 1 aliphatic heterocycles. The zero-order valence-electron chi connectivity index (χ0n) is 11.4. The third-order valence-corrected chi connectivity index (χ3v) is 4.17. The van der Waals surface area contributed by atoms with Crippen LogP contribution in [-0.4, -0.2) is 60.3 Å². The average molecular weight is 228 g/mol. The highest BCUT2D eigenvalue weighted by Crippen LogP contribution is 2.20. The quantitative estimate of drug-likeness (QED) is 0.773. The molecule has 0 bridgehead atoms. The summed E-state index contributed by atoms with van der Waals surface area (Å²) >= 11 is 0. The highest BCUT2D eigenvalue weighted by molar-refractivity contribution is 4.84. The predicted molar refractivity (Wildman–Crippen MR) is 68.7 cm³/mol. The van der Waals surface area contributed by atoms with E-state index in [1.807, 2.05) is 0 Å². The van der Waals surface area contributed by atoms with Gasteiger partial charge in [0.2, 0.25) is 0 Å². The van der Waals surface area contributed by atoms with Crippen LogP contribution in [0.4, 0.5) is 0 Å². The second-order valence-corrected chi connectivity index (χ2v) is 5.38. The fourth-order valence-electron chi connectivity index (χ4n) is 2.50. The van der Waals surface area contributed by atoms with Crippen molar-refractivity contribution in [1.82, 2.24) is 9.80 Å². The standard InChI is InChI=1S/C13H28N2O/c1-5-13(16,6-2)11-15(4)12-7-9-14(3)10-8-12/h12,16H,5-11H2,1-4H3. The van der Waals surface area contributed by atoms with Crippen molar-refractivity contribution in [3.05, 3.63) is 0 Å². The van der Waals surface area contributed by atoms with E-state index in [9.17, 15) is 5.11 Å². The van der Waals surface area contributed by atoms with Crippen molar-refractivity contribution < 1.29 is 5.11 Å². The smallest absolute Gasteiger partial charge is 0.0768 e. The van der Waals surface area contributed by atoms with Crippen molar-refractivity contribution >= 4 is 0 Å². The molecule has 0 aromatic carbocycles. The minimum atomic E-state index is -0.488. The lowest BCUT2D eigenvalue weighted by atomic mass is 9.95. The van der Waals surface area contributed by atoms with Crippen LogP contribution in [0.2, 0.25) is 0 Å². The summed E-state index contributed by atoms with van der Waals surface area (Å²) in [6.45, 7) is 7.34. The largest absolute Gasteiger partial charge is 0.389 e. The van der Waals surface area contributed by atoms with Crippen LogP contribution in [0.15, 0.2) is 0 Å². The molecule has 1 N–H and O–H groups in total. The lowest BCUT2D eigenvalue weighted by molar-refractivity contribution is -0.0137. The summed E-state index contributed by atoms with van der Waals surface area (Å²) < 4.78 is 0. The molecule has 96 valence electrons. The number of rotatable bonds is 5. The van der Waals surface area contributed by atoms with Gasteiger partial charge >= 0.3 is 0 Å². The van der Waals surface area contributed by atoms with Gasteiger partial charge in [0.1, 0.15) is 0 Å². The van der Waals surface area contributed by atoms with Gasteiger partial charge in [0.05, 0.1) is 5.60 Å². The van der Waals surface area contributed by atoms with E-state index in [0.717, 1.165) is 19.4 Å². The second-order valence-electron chi connectivity index (χ2n) is 5.38. The van der Waals surface area contributed by atoms with E-state index in [2.05, 4.69) is 37.7 Å². The van der Waals surface area contributed by atoms with Crippen molar-refractivity contribution in [3.8, 4) is 0 Å². The van der Waals surface area contributed by atoms with Crippen molar-refractivity contribution in [2.75, 3.05) is 33.7 Å². The molecule has 0 aromatic rings. The number of likely N-dealkylation sites (tertiary alicyclic amines) is 1. The minimum absolute atomic E-state index is 0.488. The van der Waals surface area contributed by atoms with Crippen LogP contribution in [0.25, 0.3) is 0 Å². The van der Waals surface area contributed by atoms with Crippen molar-refractivity contribution in [1.29, 1.82) is 0 Å². The summed E-state index contributed by atoms with van der Waals surface area (Å²) in [7, 11) is 4.34. The summed E-state index contributed by atoms with van der Waals surface area (Å²) in [5.41, 5.74) is -0.488. The van der Waals surface area contributed by atoms with Crippen LogP contribution in [0.1, 0.15) is 39.5 Å². The van der Waals surface area contributed by atoms with E-state index in [1.165, 1.54) is 25.9 Å². The van der Waals surface area contributed by atoms with Gasteiger partial charge < -0.3 is 14.9 Å². The molecular weight excluding hydrogens is 200 g/mol. The predicted octanol–water partition coefficient (Wildman–Crippen LogP) is 1.56. The molecule has 1 fully saturated rings. The molecule has 3 nitrogen and oxygen atoms in total. The summed E-state index contributed by atoms with van der Waals surface area (Å²) in [6.07, 6.45) is 4.16. The van der Waals surface area contributed by atoms with E-state index in [-0.39, 0.29) is 0 Å². The first-order valence-electron chi connectivity index (χ1n) is 6.62. The number of likely N-dealkylation sites (N-methyl/N-ethyl adjacent to an activating group) is 1. The first-order chi connectivity index (χ1) is 7.50. The Bertz CT molecular complexity index is 196. The van der Waals surface area contributed by atoms with E-state index >= 15 is 0 Å². The molecule has 0 atom stereocenters. The maximum atomic E-state index is 10.3. The van der Waals surface area contributed by atoms with Crippen molar-refractivity contribution in [3.63, 3.8) is 0 Å². The SMILES string of the molecule is CCC(O)(CC)CN(C)C1CCN(C)CC1. The molecule has 0 radical (unpaired) electrons. The minimum Gasteiger partial charge on any atom is -0.389 e. The van der Waals surface area contributed by atoms with Crippen LogP contribution in [0.5, 0.6) is 0 Å². The normalized spacial score (nSPS) is 20.6. The van der Waals surface area contributed by atoms with E-state index in [1.54, 1.807) is 0 Å². The highest BCUT2D eigenvalue weighted by atomic mass is 16.3. The van der Waals surface area contributed by atoms with Crippen molar-refractivity contribution in [2.45, 2.75) is 51.2 Å². The van der Waals surface area contributed by atoms with Gasteiger partial charge in [-0.2, -0.15) is 0 Å². The lowest BCUT2D eigenvalue weighted by Crippen LogP contribution is -2.48. The summed E-state index contributed by atoms with van der Waals surface area (Å²) in [4.78, 5) is 4.75. The Morgan fingerprint density at radius 3 is 2.19 bits per heavy atom. The van der Waals surface area contributed by atoms with E-state index < -0.39 is 5.60 Å². The van der Waals surface area contributed by atoms with Crippen LogP contribution < -0.4 is 0 Å². The first kappa shape index (κ1) is 13.9. The van der Waals surface area contributed by atoms with Gasteiger partial charge in [-0.05, 0) is 52.9 Å². The average Bonchev–Trinajstić information content (AvgIpc) is 2.29. The molecule has 1 saturated heterocycles. The van der Waals surface area contributed by atoms with Crippen LogP contribution in [-0.2, 0) is 0 Å². The Labute approximate surface area is 100 Å². The molecule has 0 amide bonds. The van der Waals surface area contributed by atoms with Gasteiger partial charge in [-0.3, -0.25) is 0 Å². The Morgan fingerprint density at radius 2 is 1.75 bits per heavy atom. The Kier molecular flexibility index (Phi) is 5.22. The van der Waals surface area contributed by atoms with Crippen LogP contribution >= 0.6 is 0 Å². The molecule has 0 unspecified atom stereocenters. The van der Waals surface area contributed by atoms with Gasteiger partial charge in [-0.25, -0.2) is 0 Å². The zero-order chi connectivity index (χ0) is 12.2. The monoisotopic (exact) mass is 228 g/mol. The summed E-state index contributed by atoms with van der Waals surface area (Å²) in [5.74, 6) is 0. The number of nitrogens with zero attached hydrogens (tertiary/aromatic N) is 2. The molecule has 1 heterocycles. The maximum Gasteiger partial charge on any atom is 0.0768 e. The van der Waals surface area contributed by atoms with Crippen LogP contribution in [0, 0.1) is 0 Å². The van der Waals surface area contributed by atoms with Crippen LogP contribution in [0.3, 0.4) is 0 Å². The van der Waals surface area contributed by atoms with E-state index in [4.69, 9.17) is 0 Å². The summed E-state index contributed by atoms with van der Waals surface area (Å²) in [5, 5.41) is 10.3. The molecule has 1 aliphatic rings. The molecule has 0 aromatic heterocycles. The highest BCUT2D eigenvalue weighted by Gasteiger charge is 2.28. The number of hydrogen-bond acceptors (Lipinski definition) is 3. The fraction of sp³-hybridized carbons (Fsp3) is 1.00. The number of aliphatic hydroxyl groups is 1. The third-order valence-electron chi connectivity index (χ3n) is 4.17. The molecule has 16 heavy (non-hydrogen) atoms. The van der Waals surface area contributed by atoms with Gasteiger partial charge in [-0.15, -0.1) is 0 Å². The summed E-state index contributed by atoms with van der Waals surface area (Å²) in [6, 6.07) is 0.654. The van der Waals surface area contributed by atoms with Gasteiger partial charge in [0.25, 0.3) is 0 Å². The first-order valence-corrected chi connectivity index (χ1v) is 6.62. The lowest BCUT2D eigenvalue weighted by Gasteiger charge is -2.39. The van der Waals surface area contributed by atoms with Gasteiger partial charge in [-0.1, -0.05) is 13.8 Å². The molecule has 0 spiro atoms. The third kappa shape index (κ3) is 3.72. The molecule has 3 heteroatoms. The fourth-order valence-corrected chi connectivity index (χ4v) is 2.50. The second kappa shape index (κ2) is 5.99. The Balaban J connectivity index is 2.42. The molecule has 0 aliphatic carbocycles. The van der Waals surface area contributed by atoms with Gasteiger partial charge in [0.15, 0.2) is 0 Å². The Hall–Kier alpha value is -0.120. The van der Waals surface area contributed by atoms with Crippen molar-refractivity contribution in [2.24, 2.45) is 0 Å². The van der Waals surface area contributed by atoms with E-state index in [0.29, 0.717) is 6.04 Å². The molecule has 1 rings (SSSR count). The number of hydrogen-bond donors (Lipinski definition) is 1. The molecule has 0 saturated carbocycles. The maximum absolute atomic E-state index is 10.3. The topological polar surface area (TPSA) is 26.7 Å². The van der Waals surface area contributed by atoms with Gasteiger partial charge in [0, 0.05) is 12.6 Å². The zero-order valence-corrected chi connectivity index (χ0v) is 11.4.